The SMILES string of the molecule is Cl.O=C(C1CCCO1)N1CCC(Oc2ccc(-c3cnc4ccccc4c3)cc2)CC1. The summed E-state index contributed by atoms with van der Waals surface area (Å²) >= 11 is 0. The van der Waals surface area contributed by atoms with Crippen molar-refractivity contribution >= 4 is 29.2 Å². The fourth-order valence-corrected chi connectivity index (χ4v) is 4.32. The summed E-state index contributed by atoms with van der Waals surface area (Å²) in [6.07, 6.45) is 5.39. The van der Waals surface area contributed by atoms with Crippen molar-refractivity contribution in [1.82, 2.24) is 9.88 Å². The number of benzene rings is 2. The zero-order chi connectivity index (χ0) is 20.3. The zero-order valence-electron chi connectivity index (χ0n) is 17.4. The first-order chi connectivity index (χ1) is 14.8. The van der Waals surface area contributed by atoms with Crippen LogP contribution >= 0.6 is 12.4 Å². The van der Waals surface area contributed by atoms with Crippen molar-refractivity contribution in [3.05, 3.63) is 60.8 Å². The van der Waals surface area contributed by atoms with Gasteiger partial charge in [-0.2, -0.15) is 0 Å². The molecular weight excluding hydrogens is 412 g/mol. The second-order valence-electron chi connectivity index (χ2n) is 8.09. The van der Waals surface area contributed by atoms with Crippen LogP contribution in [0, 0.1) is 0 Å². The third kappa shape index (κ3) is 4.83. The summed E-state index contributed by atoms with van der Waals surface area (Å²) in [6.45, 7) is 2.19. The topological polar surface area (TPSA) is 51.7 Å². The number of para-hydroxylation sites is 1. The van der Waals surface area contributed by atoms with Crippen LogP contribution in [0.5, 0.6) is 5.75 Å². The van der Waals surface area contributed by atoms with Crippen molar-refractivity contribution < 1.29 is 14.3 Å². The van der Waals surface area contributed by atoms with E-state index < -0.39 is 0 Å². The number of ether oxygens (including phenoxy) is 2. The van der Waals surface area contributed by atoms with Crippen LogP contribution in [0.1, 0.15) is 25.7 Å². The average molecular weight is 439 g/mol. The van der Waals surface area contributed by atoms with Crippen molar-refractivity contribution in [1.29, 1.82) is 0 Å². The Morgan fingerprint density at radius 2 is 1.77 bits per heavy atom. The van der Waals surface area contributed by atoms with Crippen LogP contribution in [0.4, 0.5) is 0 Å². The summed E-state index contributed by atoms with van der Waals surface area (Å²) in [5, 5.41) is 1.14. The minimum absolute atomic E-state index is 0. The molecule has 0 bridgehead atoms. The van der Waals surface area contributed by atoms with Gasteiger partial charge < -0.3 is 14.4 Å². The van der Waals surface area contributed by atoms with Gasteiger partial charge in [0.2, 0.25) is 0 Å². The van der Waals surface area contributed by atoms with Gasteiger partial charge >= 0.3 is 0 Å². The lowest BCUT2D eigenvalue weighted by Gasteiger charge is -2.33. The highest BCUT2D eigenvalue weighted by atomic mass is 35.5. The molecule has 162 valence electrons. The van der Waals surface area contributed by atoms with E-state index in [9.17, 15) is 4.79 Å². The molecule has 0 radical (unpaired) electrons. The van der Waals surface area contributed by atoms with Gasteiger partial charge in [-0.25, -0.2) is 0 Å². The number of rotatable bonds is 4. The van der Waals surface area contributed by atoms with Crippen LogP contribution < -0.4 is 4.74 Å². The lowest BCUT2D eigenvalue weighted by molar-refractivity contribution is -0.142. The van der Waals surface area contributed by atoms with Crippen molar-refractivity contribution in [2.45, 2.75) is 37.9 Å². The lowest BCUT2D eigenvalue weighted by Crippen LogP contribution is -2.45. The van der Waals surface area contributed by atoms with Gasteiger partial charge in [-0.05, 0) is 42.7 Å². The first-order valence-corrected chi connectivity index (χ1v) is 10.8. The van der Waals surface area contributed by atoms with E-state index in [0.29, 0.717) is 6.61 Å². The fourth-order valence-electron chi connectivity index (χ4n) is 4.32. The van der Waals surface area contributed by atoms with E-state index in [1.807, 2.05) is 41.4 Å². The summed E-state index contributed by atoms with van der Waals surface area (Å²) in [5.41, 5.74) is 3.23. The van der Waals surface area contributed by atoms with Crippen LogP contribution in [0.15, 0.2) is 60.8 Å². The van der Waals surface area contributed by atoms with Crippen molar-refractivity contribution in [2.24, 2.45) is 0 Å². The number of aromatic nitrogens is 1. The number of nitrogens with zero attached hydrogens (tertiary/aromatic N) is 2. The maximum Gasteiger partial charge on any atom is 0.251 e. The predicted octanol–water partition coefficient (Wildman–Crippen LogP) is 4.87. The molecule has 2 aromatic carbocycles. The normalized spacial score (nSPS) is 19.2. The number of amides is 1. The smallest absolute Gasteiger partial charge is 0.251 e. The minimum atomic E-state index is -0.223. The van der Waals surface area contributed by atoms with E-state index >= 15 is 0 Å². The molecule has 1 aromatic heterocycles. The standard InChI is InChI=1S/C25H26N2O3.ClH/c28-25(24-6-3-15-29-24)27-13-11-22(12-14-27)30-21-9-7-18(8-10-21)20-16-19-4-1-2-5-23(19)26-17-20;/h1-2,4-5,7-10,16-17,22,24H,3,6,11-15H2;1H. The third-order valence-electron chi connectivity index (χ3n) is 6.04. The number of carbonyl (C=O) groups excluding carboxylic acids is 1. The van der Waals surface area contributed by atoms with Gasteiger partial charge in [-0.1, -0.05) is 30.3 Å². The van der Waals surface area contributed by atoms with Gasteiger partial charge in [0.15, 0.2) is 0 Å². The largest absolute Gasteiger partial charge is 0.490 e. The first-order valence-electron chi connectivity index (χ1n) is 10.8. The summed E-state index contributed by atoms with van der Waals surface area (Å²) in [5.74, 6) is 1.02. The van der Waals surface area contributed by atoms with Crippen LogP contribution in [-0.2, 0) is 9.53 Å². The van der Waals surface area contributed by atoms with Gasteiger partial charge in [-0.15, -0.1) is 12.4 Å². The summed E-state index contributed by atoms with van der Waals surface area (Å²) in [7, 11) is 0. The molecule has 6 heteroatoms. The Morgan fingerprint density at radius 1 is 1.00 bits per heavy atom. The van der Waals surface area contributed by atoms with E-state index in [2.05, 4.69) is 29.2 Å². The van der Waals surface area contributed by atoms with Crippen LogP contribution in [0.2, 0.25) is 0 Å². The highest BCUT2D eigenvalue weighted by Gasteiger charge is 2.31. The Labute approximate surface area is 188 Å². The van der Waals surface area contributed by atoms with E-state index in [1.165, 1.54) is 0 Å². The minimum Gasteiger partial charge on any atom is -0.490 e. The molecule has 3 aromatic rings. The molecule has 2 aliphatic rings. The number of piperidine rings is 1. The van der Waals surface area contributed by atoms with Crippen molar-refractivity contribution in [3.8, 4) is 16.9 Å². The van der Waals surface area contributed by atoms with E-state index in [4.69, 9.17) is 9.47 Å². The molecule has 5 nitrogen and oxygen atoms in total. The second-order valence-corrected chi connectivity index (χ2v) is 8.09. The molecule has 31 heavy (non-hydrogen) atoms. The van der Waals surface area contributed by atoms with E-state index in [0.717, 1.165) is 66.6 Å². The number of hydrogen-bond donors (Lipinski definition) is 0. The number of likely N-dealkylation sites (tertiary alicyclic amines) is 1. The maximum atomic E-state index is 12.5. The van der Waals surface area contributed by atoms with Crippen LogP contribution in [-0.4, -0.2) is 47.7 Å². The molecule has 5 rings (SSSR count). The van der Waals surface area contributed by atoms with Gasteiger partial charge in [-0.3, -0.25) is 9.78 Å². The van der Waals surface area contributed by atoms with Crippen LogP contribution in [0.3, 0.4) is 0 Å². The number of halogens is 1. The van der Waals surface area contributed by atoms with Crippen molar-refractivity contribution in [2.75, 3.05) is 19.7 Å². The highest BCUT2D eigenvalue weighted by Crippen LogP contribution is 2.27. The van der Waals surface area contributed by atoms with Gasteiger partial charge in [0.05, 0.1) is 5.52 Å². The molecule has 3 heterocycles. The van der Waals surface area contributed by atoms with Gasteiger partial charge in [0, 0.05) is 49.7 Å². The monoisotopic (exact) mass is 438 g/mol. The fraction of sp³-hybridized carbons (Fsp3) is 0.360. The molecule has 2 saturated heterocycles. The Morgan fingerprint density at radius 3 is 2.52 bits per heavy atom. The molecule has 0 spiro atoms. The second kappa shape index (κ2) is 9.67. The third-order valence-corrected chi connectivity index (χ3v) is 6.04. The summed E-state index contributed by atoms with van der Waals surface area (Å²) < 4.78 is 11.7. The number of hydrogen-bond acceptors (Lipinski definition) is 4. The Balaban J connectivity index is 0.00000231. The van der Waals surface area contributed by atoms with Crippen LogP contribution in [0.25, 0.3) is 22.0 Å². The van der Waals surface area contributed by atoms with Gasteiger partial charge in [0.1, 0.15) is 18.0 Å². The zero-order valence-corrected chi connectivity index (χ0v) is 18.2. The maximum absolute atomic E-state index is 12.5. The molecule has 0 aliphatic carbocycles. The molecule has 0 N–H and O–H groups in total. The van der Waals surface area contributed by atoms with E-state index in [-0.39, 0.29) is 30.5 Å². The molecule has 1 atom stereocenters. The molecule has 2 aliphatic heterocycles. The van der Waals surface area contributed by atoms with E-state index in [1.54, 1.807) is 0 Å². The Hall–Kier alpha value is -2.63. The average Bonchev–Trinajstić information content (AvgIpc) is 3.34. The molecule has 0 saturated carbocycles. The van der Waals surface area contributed by atoms with Gasteiger partial charge in [0.25, 0.3) is 5.91 Å². The quantitative estimate of drug-likeness (QED) is 0.583. The Kier molecular flexibility index (Phi) is 6.73. The molecule has 1 unspecified atom stereocenters. The predicted molar refractivity (Wildman–Crippen MR) is 124 cm³/mol. The molecular formula is C25H27ClN2O3. The number of carbonyl (C=O) groups is 1. The first kappa shape index (κ1) is 21.6. The van der Waals surface area contributed by atoms with Crippen molar-refractivity contribution in [3.63, 3.8) is 0 Å². The lowest BCUT2D eigenvalue weighted by atomic mass is 10.0. The summed E-state index contributed by atoms with van der Waals surface area (Å²) in [4.78, 5) is 19.0. The highest BCUT2D eigenvalue weighted by molar-refractivity contribution is 5.85. The number of fused-ring (bicyclic) bond motifs is 1. The Bertz CT molecular complexity index is 1030. The summed E-state index contributed by atoms with van der Waals surface area (Å²) in [6, 6.07) is 18.5. The number of pyridine rings is 1. The molecule has 2 fully saturated rings. The molecule has 1 amide bonds.